The van der Waals surface area contributed by atoms with Gasteiger partial charge in [0.2, 0.25) is 0 Å². The second-order valence-electron chi connectivity index (χ2n) is 4.93. The van der Waals surface area contributed by atoms with Crippen LogP contribution >= 0.6 is 0 Å². The molecular weight excluding hydrogens is 335 g/mol. The monoisotopic (exact) mass is 349 g/mol. The maximum absolute atomic E-state index is 14.4. The normalized spacial score (nSPS) is 12.5. The molecule has 1 N–H and O–H groups in total. The number of benzene rings is 2. The van der Waals surface area contributed by atoms with E-state index in [0.717, 1.165) is 0 Å². The second-order valence-corrected chi connectivity index (χ2v) is 5.68. The lowest BCUT2D eigenvalue weighted by Crippen LogP contribution is -2.15. The average molecular weight is 349 g/mol. The summed E-state index contributed by atoms with van der Waals surface area (Å²) in [5.74, 6) is 0.149. The Morgan fingerprint density at radius 3 is 2.88 bits per heavy atom. The third-order valence-electron chi connectivity index (χ3n) is 3.36. The molecule has 1 heterocycles. The van der Waals surface area contributed by atoms with Crippen LogP contribution in [0.15, 0.2) is 36.4 Å². The number of hydrogen-bond donors (Lipinski definition) is 1. The van der Waals surface area contributed by atoms with Crippen LogP contribution in [-0.2, 0) is 17.8 Å². The van der Waals surface area contributed by atoms with Gasteiger partial charge in [0, 0.05) is 23.9 Å². The summed E-state index contributed by atoms with van der Waals surface area (Å²) in [5, 5.41) is 8.02. The summed E-state index contributed by atoms with van der Waals surface area (Å²) in [4.78, 5) is 0. The minimum atomic E-state index is -2.39. The Morgan fingerprint density at radius 2 is 2.17 bits per heavy atom. The summed E-state index contributed by atoms with van der Waals surface area (Å²) in [6, 6.07) is 9.69. The molecule has 0 saturated carbocycles. The second kappa shape index (κ2) is 7.04. The summed E-state index contributed by atoms with van der Waals surface area (Å²) >= 11 is -2.39. The summed E-state index contributed by atoms with van der Waals surface area (Å²) in [6.45, 7) is 2.44. The molecule has 24 heavy (non-hydrogen) atoms. The fourth-order valence-electron chi connectivity index (χ4n) is 2.31. The van der Waals surface area contributed by atoms with Crippen molar-refractivity contribution in [2.45, 2.75) is 13.5 Å². The topological polar surface area (TPSA) is 92.1 Å². The highest BCUT2D eigenvalue weighted by molar-refractivity contribution is 7.77. The first-order valence-corrected chi connectivity index (χ1v) is 8.26. The zero-order chi connectivity index (χ0) is 17.1. The van der Waals surface area contributed by atoms with Crippen molar-refractivity contribution >= 4 is 22.3 Å². The Labute approximate surface area is 139 Å². The Bertz CT molecular complexity index is 900. The summed E-state index contributed by atoms with van der Waals surface area (Å²) in [5.41, 5.74) is 1.97. The minimum absolute atomic E-state index is 0.0170. The van der Waals surface area contributed by atoms with Crippen molar-refractivity contribution in [3.05, 3.63) is 47.8 Å². The molecule has 9 heteroatoms. The Morgan fingerprint density at radius 1 is 1.33 bits per heavy atom. The largest absolute Gasteiger partial charge is 0.760 e. The van der Waals surface area contributed by atoms with E-state index in [1.807, 2.05) is 6.92 Å². The van der Waals surface area contributed by atoms with Crippen LogP contribution in [0, 0.1) is 5.82 Å². The van der Waals surface area contributed by atoms with Gasteiger partial charge < -0.3 is 9.29 Å². The number of nitrogens with zero attached hydrogens (tertiary/aromatic N) is 3. The Balaban J connectivity index is 1.94. The van der Waals surface area contributed by atoms with E-state index in [4.69, 9.17) is 4.74 Å². The summed E-state index contributed by atoms with van der Waals surface area (Å²) in [7, 11) is 0. The van der Waals surface area contributed by atoms with E-state index in [1.165, 1.54) is 16.8 Å². The van der Waals surface area contributed by atoms with Crippen LogP contribution in [0.3, 0.4) is 0 Å². The molecule has 0 aliphatic carbocycles. The highest BCUT2D eigenvalue weighted by Crippen LogP contribution is 2.23. The maximum atomic E-state index is 14.4. The highest BCUT2D eigenvalue weighted by Gasteiger charge is 2.12. The predicted molar refractivity (Wildman–Crippen MR) is 85.8 cm³/mol. The van der Waals surface area contributed by atoms with E-state index in [2.05, 4.69) is 15.0 Å². The third kappa shape index (κ3) is 3.42. The van der Waals surface area contributed by atoms with Gasteiger partial charge >= 0.3 is 0 Å². The van der Waals surface area contributed by atoms with Crippen molar-refractivity contribution in [2.24, 2.45) is 0 Å². The van der Waals surface area contributed by atoms with E-state index in [0.29, 0.717) is 29.0 Å². The molecule has 1 aromatic heterocycles. The van der Waals surface area contributed by atoms with Crippen LogP contribution < -0.4 is 9.46 Å². The van der Waals surface area contributed by atoms with E-state index in [9.17, 15) is 13.2 Å². The first-order valence-electron chi connectivity index (χ1n) is 7.18. The van der Waals surface area contributed by atoms with E-state index in [1.54, 1.807) is 24.3 Å². The van der Waals surface area contributed by atoms with Crippen molar-refractivity contribution in [1.82, 2.24) is 19.7 Å². The van der Waals surface area contributed by atoms with E-state index >= 15 is 0 Å². The van der Waals surface area contributed by atoms with Gasteiger partial charge in [-0.25, -0.2) is 13.8 Å². The molecule has 126 valence electrons. The number of rotatable bonds is 6. The van der Waals surface area contributed by atoms with Crippen LogP contribution in [-0.4, -0.2) is 30.4 Å². The van der Waals surface area contributed by atoms with Crippen LogP contribution in [0.25, 0.3) is 16.7 Å². The number of nitrogens with one attached hydrogen (secondary N) is 1. The number of hydrogen-bond acceptors (Lipinski definition) is 5. The molecule has 1 atom stereocenters. The molecule has 2 aromatic carbocycles. The first kappa shape index (κ1) is 16.5. The van der Waals surface area contributed by atoms with Gasteiger partial charge in [0.25, 0.3) is 0 Å². The Hall–Kier alpha value is -2.36. The van der Waals surface area contributed by atoms with Crippen LogP contribution in [0.1, 0.15) is 12.5 Å². The highest BCUT2D eigenvalue weighted by atomic mass is 32.2. The van der Waals surface area contributed by atoms with Crippen molar-refractivity contribution in [1.29, 1.82) is 0 Å². The number of fused-ring (bicyclic) bond motifs is 1. The van der Waals surface area contributed by atoms with Gasteiger partial charge in [-0.15, -0.1) is 5.10 Å². The number of aromatic nitrogens is 3. The minimum Gasteiger partial charge on any atom is -0.760 e. The van der Waals surface area contributed by atoms with Gasteiger partial charge in [0.05, 0.1) is 12.1 Å². The van der Waals surface area contributed by atoms with Crippen LogP contribution in [0.2, 0.25) is 0 Å². The zero-order valence-electron chi connectivity index (χ0n) is 12.7. The SMILES string of the molecule is CCOc1ccc2c(c1)nnn2-c1ccc(CNS(=O)[O-])cc1F. The molecule has 0 saturated heterocycles. The Kier molecular flexibility index (Phi) is 4.84. The molecule has 0 aliphatic rings. The smallest absolute Gasteiger partial charge is 0.149 e. The molecular formula is C15H14FN4O3S-. The molecule has 0 aliphatic heterocycles. The third-order valence-corrected chi connectivity index (χ3v) is 3.74. The average Bonchev–Trinajstić information content (AvgIpc) is 2.96. The molecule has 0 bridgehead atoms. The summed E-state index contributed by atoms with van der Waals surface area (Å²) in [6.07, 6.45) is 0. The van der Waals surface area contributed by atoms with Gasteiger partial charge in [-0.3, -0.25) is 4.21 Å². The van der Waals surface area contributed by atoms with E-state index < -0.39 is 17.1 Å². The first-order chi connectivity index (χ1) is 11.6. The summed E-state index contributed by atoms with van der Waals surface area (Å²) < 4.78 is 44.3. The molecule has 7 nitrogen and oxygen atoms in total. The van der Waals surface area contributed by atoms with Crippen LogP contribution in [0.5, 0.6) is 5.75 Å². The van der Waals surface area contributed by atoms with Gasteiger partial charge in [-0.1, -0.05) is 11.3 Å². The maximum Gasteiger partial charge on any atom is 0.149 e. The lowest BCUT2D eigenvalue weighted by Gasteiger charge is -2.09. The van der Waals surface area contributed by atoms with Gasteiger partial charge in [-0.2, -0.15) is 0 Å². The molecule has 0 fully saturated rings. The van der Waals surface area contributed by atoms with Gasteiger partial charge in [0.15, 0.2) is 0 Å². The van der Waals surface area contributed by atoms with Crippen molar-refractivity contribution < 1.29 is 17.9 Å². The molecule has 1 unspecified atom stereocenters. The van der Waals surface area contributed by atoms with E-state index in [-0.39, 0.29) is 12.2 Å². The van der Waals surface area contributed by atoms with Crippen molar-refractivity contribution in [3.63, 3.8) is 0 Å². The lowest BCUT2D eigenvalue weighted by atomic mass is 10.2. The fraction of sp³-hybridized carbons (Fsp3) is 0.200. The fourth-order valence-corrected chi connectivity index (χ4v) is 2.60. The number of halogens is 1. The standard InChI is InChI=1S/C15H15FN4O3S/c1-2-23-11-4-6-15-13(8-11)18-19-20(15)14-5-3-10(7-12(14)16)9-17-24(21)22/h3-8,17H,2,9H2,1H3,(H,21,22)/p-1. The predicted octanol–water partition coefficient (Wildman–Crippen LogP) is 1.84. The number of ether oxygens (including phenoxy) is 1. The van der Waals surface area contributed by atoms with Crippen molar-refractivity contribution in [3.8, 4) is 11.4 Å². The molecule has 0 amide bonds. The lowest BCUT2D eigenvalue weighted by molar-refractivity contribution is 0.340. The molecule has 0 spiro atoms. The van der Waals surface area contributed by atoms with Gasteiger partial charge in [-0.05, 0) is 36.8 Å². The van der Waals surface area contributed by atoms with Gasteiger partial charge in [0.1, 0.15) is 22.8 Å². The molecule has 3 rings (SSSR count). The van der Waals surface area contributed by atoms with Crippen molar-refractivity contribution in [2.75, 3.05) is 6.61 Å². The quantitative estimate of drug-likeness (QED) is 0.686. The molecule has 0 radical (unpaired) electrons. The molecule has 3 aromatic rings. The zero-order valence-corrected chi connectivity index (χ0v) is 13.5. The van der Waals surface area contributed by atoms with Crippen LogP contribution in [0.4, 0.5) is 4.39 Å².